The van der Waals surface area contributed by atoms with Crippen LogP contribution in [0.5, 0.6) is 0 Å². The van der Waals surface area contributed by atoms with Gasteiger partial charge in [0.15, 0.2) is 0 Å². The number of aromatic carboxylic acids is 1. The van der Waals surface area contributed by atoms with Crippen molar-refractivity contribution in [2.45, 2.75) is 11.4 Å². The molecule has 0 bridgehead atoms. The average Bonchev–Trinajstić information content (AvgIpc) is 2.49. The van der Waals surface area contributed by atoms with E-state index in [4.69, 9.17) is 0 Å². The monoisotopic (exact) mass is 481 g/mol. The fraction of sp³-hybridized carbons (Fsp3) is 0.133. The van der Waals surface area contributed by atoms with E-state index in [1.807, 2.05) is 18.2 Å². The molecule has 0 unspecified atom stereocenters. The molecule has 0 aliphatic heterocycles. The summed E-state index contributed by atoms with van der Waals surface area (Å²) in [6.07, 6.45) is 1.75. The predicted octanol–water partition coefficient (Wildman–Crippen LogP) is -0.122. The minimum Gasteiger partial charge on any atom is -0.545 e. The number of rotatable bonds is 6. The number of carboxylic acid groups (broad SMARTS) is 1. The van der Waals surface area contributed by atoms with Crippen LogP contribution in [0.3, 0.4) is 0 Å². The Kier molecular flexibility index (Phi) is 9.77. The Morgan fingerprint density at radius 1 is 1.22 bits per heavy atom. The number of carbonyl (C=O) groups excluding carboxylic acids is 2. The molecule has 1 heterocycles. The zero-order valence-electron chi connectivity index (χ0n) is 12.2. The number of carboxylic acids is 1. The van der Waals surface area contributed by atoms with Gasteiger partial charge in [-0.3, -0.25) is 4.79 Å². The van der Waals surface area contributed by atoms with Crippen molar-refractivity contribution in [3.63, 3.8) is 0 Å². The Morgan fingerprint density at radius 3 is 2.65 bits per heavy atom. The smallest absolute Gasteiger partial charge is 0.545 e. The Bertz CT molecular complexity index is 728. The summed E-state index contributed by atoms with van der Waals surface area (Å²) < 4.78 is 1.76. The third-order valence-electron chi connectivity index (χ3n) is 2.76. The number of thioether (sulfide) groups is 1. The SMILES string of the molecule is O=C(CSc1ncccc1C(=O)[O-])Cc1cc(Br)ccc1Br.[K+]. The van der Waals surface area contributed by atoms with E-state index in [1.54, 1.807) is 0 Å². The van der Waals surface area contributed by atoms with Gasteiger partial charge >= 0.3 is 51.4 Å². The van der Waals surface area contributed by atoms with Gasteiger partial charge in [-0.1, -0.05) is 43.6 Å². The summed E-state index contributed by atoms with van der Waals surface area (Å²) >= 11 is 7.88. The van der Waals surface area contributed by atoms with Crippen molar-refractivity contribution >= 4 is 55.4 Å². The van der Waals surface area contributed by atoms with E-state index >= 15 is 0 Å². The molecule has 8 heteroatoms. The quantitative estimate of drug-likeness (QED) is 0.424. The summed E-state index contributed by atoms with van der Waals surface area (Å²) in [6.45, 7) is 0. The molecule has 2 rings (SSSR count). The molecule has 4 nitrogen and oxygen atoms in total. The van der Waals surface area contributed by atoms with Crippen molar-refractivity contribution in [2.75, 3.05) is 5.75 Å². The first-order valence-electron chi connectivity index (χ1n) is 6.22. The van der Waals surface area contributed by atoms with Crippen LogP contribution >= 0.6 is 43.6 Å². The number of hydrogen-bond acceptors (Lipinski definition) is 5. The maximum absolute atomic E-state index is 12.1. The van der Waals surface area contributed by atoms with E-state index in [9.17, 15) is 14.7 Å². The Labute approximate surface area is 197 Å². The van der Waals surface area contributed by atoms with E-state index in [0.717, 1.165) is 26.3 Å². The van der Waals surface area contributed by atoms with E-state index < -0.39 is 5.97 Å². The van der Waals surface area contributed by atoms with E-state index in [2.05, 4.69) is 36.8 Å². The molecule has 0 amide bonds. The molecule has 0 N–H and O–H groups in total. The van der Waals surface area contributed by atoms with Gasteiger partial charge in [0.05, 0.1) is 11.7 Å². The Morgan fingerprint density at radius 2 is 1.96 bits per heavy atom. The minimum atomic E-state index is -1.29. The zero-order chi connectivity index (χ0) is 16.1. The van der Waals surface area contributed by atoms with E-state index in [-0.39, 0.29) is 74.9 Å². The number of nitrogens with zero attached hydrogens (tertiary/aromatic N) is 1. The molecule has 1 aromatic heterocycles. The normalized spacial score (nSPS) is 10.0. The summed E-state index contributed by atoms with van der Waals surface area (Å²) in [5.74, 6) is -1.16. The molecule has 0 atom stereocenters. The van der Waals surface area contributed by atoms with Gasteiger partial charge in [-0.05, 0) is 35.9 Å². The summed E-state index contributed by atoms with van der Waals surface area (Å²) in [6, 6.07) is 8.56. The Hall–Kier alpha value is 0.456. The van der Waals surface area contributed by atoms with Crippen molar-refractivity contribution in [3.8, 4) is 0 Å². The molecule has 0 fully saturated rings. The number of pyridine rings is 1. The number of halogens is 2. The molecule has 0 spiro atoms. The summed E-state index contributed by atoms with van der Waals surface area (Å²) in [4.78, 5) is 27.0. The number of hydrogen-bond donors (Lipinski definition) is 0. The second kappa shape index (κ2) is 10.4. The number of Topliss-reactive ketones (excluding diaryl/α,β-unsaturated/α-hetero) is 1. The fourth-order valence-electron chi connectivity index (χ4n) is 1.75. The molecule has 23 heavy (non-hydrogen) atoms. The molecule has 114 valence electrons. The van der Waals surface area contributed by atoms with Gasteiger partial charge in [-0.25, -0.2) is 4.98 Å². The standard InChI is InChI=1S/C15H11Br2NO3S.K/c16-10-3-4-13(17)9(6-10)7-11(19)8-22-14-12(15(20)21)2-1-5-18-14;/h1-6H,7-8H2,(H,20,21);/q;+1/p-1. The number of ketones is 1. The number of aromatic nitrogens is 1. The van der Waals surface area contributed by atoms with Crippen molar-refractivity contribution in [3.05, 3.63) is 56.6 Å². The second-order valence-corrected chi connectivity index (χ2v) is 7.12. The largest absolute Gasteiger partial charge is 1.00 e. The fourth-order valence-corrected chi connectivity index (χ4v) is 3.39. The zero-order valence-corrected chi connectivity index (χ0v) is 19.3. The van der Waals surface area contributed by atoms with Gasteiger partial charge in [-0.15, -0.1) is 0 Å². The van der Waals surface area contributed by atoms with Crippen LogP contribution in [0.25, 0.3) is 0 Å². The predicted molar refractivity (Wildman–Crippen MR) is 89.8 cm³/mol. The molecule has 0 radical (unpaired) electrons. The minimum absolute atomic E-state index is 0. The number of benzene rings is 1. The van der Waals surface area contributed by atoms with Crippen LogP contribution in [-0.4, -0.2) is 22.5 Å². The molecule has 2 aromatic rings. The number of carbonyl (C=O) groups is 2. The first-order valence-corrected chi connectivity index (χ1v) is 8.79. The summed E-state index contributed by atoms with van der Waals surface area (Å²) in [7, 11) is 0. The van der Waals surface area contributed by atoms with Crippen LogP contribution in [-0.2, 0) is 11.2 Å². The maximum atomic E-state index is 12.1. The topological polar surface area (TPSA) is 70.1 Å². The maximum Gasteiger partial charge on any atom is 1.00 e. The van der Waals surface area contributed by atoms with Crippen molar-refractivity contribution in [1.29, 1.82) is 0 Å². The van der Waals surface area contributed by atoms with Crippen LogP contribution in [0.1, 0.15) is 15.9 Å². The van der Waals surface area contributed by atoms with Gasteiger partial charge in [0.1, 0.15) is 10.8 Å². The van der Waals surface area contributed by atoms with E-state index in [1.165, 1.54) is 18.3 Å². The van der Waals surface area contributed by atoms with Crippen molar-refractivity contribution in [1.82, 2.24) is 4.98 Å². The van der Waals surface area contributed by atoms with Gasteiger partial charge < -0.3 is 9.90 Å². The molecule has 1 aromatic carbocycles. The molecular weight excluding hydrogens is 473 g/mol. The van der Waals surface area contributed by atoms with Gasteiger partial charge in [0.25, 0.3) is 0 Å². The first kappa shape index (κ1) is 21.5. The molecule has 0 aliphatic rings. The second-order valence-electron chi connectivity index (χ2n) is 4.38. The van der Waals surface area contributed by atoms with Gasteiger partial charge in [0, 0.05) is 27.1 Å². The summed E-state index contributed by atoms with van der Waals surface area (Å²) in [5, 5.41) is 11.3. The van der Waals surface area contributed by atoms with Crippen LogP contribution in [0.2, 0.25) is 0 Å². The van der Waals surface area contributed by atoms with Gasteiger partial charge in [0.2, 0.25) is 0 Å². The van der Waals surface area contributed by atoms with E-state index in [0.29, 0.717) is 5.03 Å². The molecule has 0 saturated carbocycles. The van der Waals surface area contributed by atoms with Crippen LogP contribution in [0.4, 0.5) is 0 Å². The average molecular weight is 483 g/mol. The molecular formula is C15H10Br2KNO3S. The van der Waals surface area contributed by atoms with Crippen LogP contribution in [0.15, 0.2) is 50.5 Å². The first-order chi connectivity index (χ1) is 10.5. The molecule has 0 aliphatic carbocycles. The van der Waals surface area contributed by atoms with Gasteiger partial charge in [-0.2, -0.15) is 0 Å². The third kappa shape index (κ3) is 6.70. The van der Waals surface area contributed by atoms with Crippen LogP contribution in [0, 0.1) is 0 Å². The Balaban J connectivity index is 0.00000264. The third-order valence-corrected chi connectivity index (χ3v) is 5.09. The van der Waals surface area contributed by atoms with Crippen molar-refractivity contribution in [2.24, 2.45) is 0 Å². The molecule has 0 saturated heterocycles. The van der Waals surface area contributed by atoms with Crippen LogP contribution < -0.4 is 56.5 Å². The van der Waals surface area contributed by atoms with Crippen molar-refractivity contribution < 1.29 is 66.1 Å². The summed E-state index contributed by atoms with van der Waals surface area (Å²) in [5.41, 5.74) is 0.880.